The molecule has 0 radical (unpaired) electrons. The summed E-state index contributed by atoms with van der Waals surface area (Å²) in [6, 6.07) is 8.67. The molecular weight excluding hydrogens is 319 g/mol. The summed E-state index contributed by atoms with van der Waals surface area (Å²) in [5.74, 6) is 0. The summed E-state index contributed by atoms with van der Waals surface area (Å²) in [7, 11) is 0. The number of imidazole rings is 1. The van der Waals surface area contributed by atoms with Crippen LogP contribution in [0.3, 0.4) is 0 Å². The van der Waals surface area contributed by atoms with Crippen LogP contribution < -0.4 is 5.32 Å². The normalized spacial score (nSPS) is 12.1. The lowest BCUT2D eigenvalue weighted by Crippen LogP contribution is -2.17. The molecule has 0 saturated carbocycles. The van der Waals surface area contributed by atoms with E-state index in [9.17, 15) is 0 Å². The summed E-state index contributed by atoms with van der Waals surface area (Å²) in [5, 5.41) is 3.83. The molecule has 0 aliphatic carbocycles. The van der Waals surface area contributed by atoms with Gasteiger partial charge in [-0.15, -0.1) is 12.4 Å². The van der Waals surface area contributed by atoms with Gasteiger partial charge in [0.25, 0.3) is 0 Å². The zero-order valence-electron chi connectivity index (χ0n) is 12.5. The van der Waals surface area contributed by atoms with Gasteiger partial charge in [-0.1, -0.05) is 36.7 Å². The molecule has 4 nitrogen and oxygen atoms in total. The maximum Gasteiger partial charge on any atom is 0.174 e. The molecule has 6 heteroatoms. The average molecular weight is 337 g/mol. The van der Waals surface area contributed by atoms with E-state index in [4.69, 9.17) is 11.6 Å². The van der Waals surface area contributed by atoms with Gasteiger partial charge >= 0.3 is 0 Å². The number of fused-ring (bicyclic) bond motifs is 1. The van der Waals surface area contributed by atoms with Crippen LogP contribution in [0.25, 0.3) is 16.9 Å². The highest BCUT2D eigenvalue weighted by atomic mass is 35.5. The lowest BCUT2D eigenvalue weighted by atomic mass is 10.0. The van der Waals surface area contributed by atoms with E-state index in [2.05, 4.69) is 41.3 Å². The lowest BCUT2D eigenvalue weighted by Gasteiger charge is -2.14. The van der Waals surface area contributed by atoms with Crippen LogP contribution in [0.15, 0.2) is 42.9 Å². The van der Waals surface area contributed by atoms with Gasteiger partial charge in [-0.3, -0.25) is 0 Å². The number of hydrogen-bond acceptors (Lipinski definition) is 3. The van der Waals surface area contributed by atoms with E-state index in [0.717, 1.165) is 17.8 Å². The van der Waals surface area contributed by atoms with Gasteiger partial charge in [0.2, 0.25) is 0 Å². The van der Waals surface area contributed by atoms with Crippen molar-refractivity contribution in [3.8, 4) is 11.3 Å². The Morgan fingerprint density at radius 2 is 2.18 bits per heavy atom. The molecule has 0 bridgehead atoms. The van der Waals surface area contributed by atoms with E-state index in [1.165, 1.54) is 5.56 Å². The topological polar surface area (TPSA) is 42.2 Å². The van der Waals surface area contributed by atoms with Gasteiger partial charge in [0.05, 0.1) is 5.69 Å². The van der Waals surface area contributed by atoms with E-state index in [-0.39, 0.29) is 12.4 Å². The van der Waals surface area contributed by atoms with Crippen molar-refractivity contribution in [3.05, 3.63) is 53.6 Å². The highest BCUT2D eigenvalue weighted by Gasteiger charge is 2.09. The van der Waals surface area contributed by atoms with Crippen LogP contribution in [0.4, 0.5) is 0 Å². The summed E-state index contributed by atoms with van der Waals surface area (Å²) < 4.78 is 1.89. The van der Waals surface area contributed by atoms with E-state index < -0.39 is 0 Å². The SMILES string of the molecule is CCN[C@H](C)c1cccc(-c2cn3ccnc3c(Cl)n2)c1.Cl. The van der Waals surface area contributed by atoms with Gasteiger partial charge in [-0.05, 0) is 25.1 Å². The second kappa shape index (κ2) is 7.09. The molecule has 22 heavy (non-hydrogen) atoms. The molecule has 2 heterocycles. The number of aromatic nitrogens is 3. The first-order valence-corrected chi connectivity index (χ1v) is 7.39. The zero-order chi connectivity index (χ0) is 14.8. The maximum atomic E-state index is 6.20. The average Bonchev–Trinajstić information content (AvgIpc) is 2.96. The third-order valence-corrected chi connectivity index (χ3v) is 3.78. The van der Waals surface area contributed by atoms with Gasteiger partial charge in [0.1, 0.15) is 0 Å². The van der Waals surface area contributed by atoms with Crippen LogP contribution in [0, 0.1) is 0 Å². The molecule has 0 amide bonds. The highest BCUT2D eigenvalue weighted by molar-refractivity contribution is 6.32. The smallest absolute Gasteiger partial charge is 0.174 e. The van der Waals surface area contributed by atoms with Crippen molar-refractivity contribution < 1.29 is 0 Å². The molecule has 0 spiro atoms. The van der Waals surface area contributed by atoms with E-state index in [0.29, 0.717) is 16.8 Å². The summed E-state index contributed by atoms with van der Waals surface area (Å²) in [6.45, 7) is 5.20. The minimum atomic E-state index is 0. The van der Waals surface area contributed by atoms with E-state index in [1.807, 2.05) is 28.9 Å². The Balaban J connectivity index is 0.00000176. The third-order valence-electron chi connectivity index (χ3n) is 3.53. The monoisotopic (exact) mass is 336 g/mol. The Kier molecular flexibility index (Phi) is 5.40. The van der Waals surface area contributed by atoms with Crippen molar-refractivity contribution in [2.75, 3.05) is 6.54 Å². The summed E-state index contributed by atoms with van der Waals surface area (Å²) in [4.78, 5) is 8.63. The largest absolute Gasteiger partial charge is 0.310 e. The number of nitrogens with zero attached hydrogens (tertiary/aromatic N) is 3. The van der Waals surface area contributed by atoms with Crippen LogP contribution in [0.2, 0.25) is 5.15 Å². The molecule has 0 aliphatic rings. The van der Waals surface area contributed by atoms with Gasteiger partial charge in [0.15, 0.2) is 10.8 Å². The molecule has 0 fully saturated rings. The summed E-state index contributed by atoms with van der Waals surface area (Å²) in [5.41, 5.74) is 3.81. The Bertz CT molecular complexity index is 770. The van der Waals surface area contributed by atoms with Crippen LogP contribution in [-0.4, -0.2) is 20.9 Å². The van der Waals surface area contributed by atoms with E-state index in [1.54, 1.807) is 6.20 Å². The van der Waals surface area contributed by atoms with E-state index >= 15 is 0 Å². The fourth-order valence-electron chi connectivity index (χ4n) is 2.42. The second-order valence-electron chi connectivity index (χ2n) is 4.98. The van der Waals surface area contributed by atoms with Crippen LogP contribution >= 0.6 is 24.0 Å². The maximum absolute atomic E-state index is 6.20. The Hall–Kier alpha value is -1.62. The summed E-state index contributed by atoms with van der Waals surface area (Å²) in [6.07, 6.45) is 5.54. The number of nitrogens with one attached hydrogen (secondary N) is 1. The molecule has 0 saturated heterocycles. The first-order chi connectivity index (χ1) is 10.2. The molecule has 0 aliphatic heterocycles. The summed E-state index contributed by atoms with van der Waals surface area (Å²) >= 11 is 6.20. The van der Waals surface area contributed by atoms with Crippen molar-refractivity contribution in [1.82, 2.24) is 19.7 Å². The van der Waals surface area contributed by atoms with Crippen LogP contribution in [-0.2, 0) is 0 Å². The standard InChI is InChI=1S/C16H17ClN4.ClH/c1-3-18-11(2)12-5-4-6-13(9-12)14-10-21-8-7-19-16(21)15(17)20-14;/h4-11,18H,3H2,1-2H3;1H/t11-;/m1./s1. The quantitative estimate of drug-likeness (QED) is 0.778. The Labute approximate surface area is 141 Å². The Morgan fingerprint density at radius 1 is 1.36 bits per heavy atom. The molecule has 0 unspecified atom stereocenters. The van der Waals surface area contributed by atoms with Crippen LogP contribution in [0.5, 0.6) is 0 Å². The first-order valence-electron chi connectivity index (χ1n) is 7.02. The van der Waals surface area contributed by atoms with Gasteiger partial charge in [-0.2, -0.15) is 0 Å². The Morgan fingerprint density at radius 3 is 2.95 bits per heavy atom. The molecular formula is C16H18Cl2N4. The lowest BCUT2D eigenvalue weighted by molar-refractivity contribution is 0.598. The number of hydrogen-bond donors (Lipinski definition) is 1. The third kappa shape index (κ3) is 3.24. The molecule has 3 rings (SSSR count). The van der Waals surface area contributed by atoms with Gasteiger partial charge < -0.3 is 9.72 Å². The van der Waals surface area contributed by atoms with Crippen molar-refractivity contribution in [3.63, 3.8) is 0 Å². The number of rotatable bonds is 4. The molecule has 3 aromatic rings. The fraction of sp³-hybridized carbons (Fsp3) is 0.250. The minimum Gasteiger partial charge on any atom is -0.310 e. The molecule has 1 N–H and O–H groups in total. The number of benzene rings is 1. The molecule has 1 atom stereocenters. The fourth-order valence-corrected chi connectivity index (χ4v) is 2.66. The van der Waals surface area contributed by atoms with Crippen molar-refractivity contribution in [1.29, 1.82) is 0 Å². The molecule has 116 valence electrons. The number of halogens is 2. The molecule has 2 aromatic heterocycles. The first kappa shape index (κ1) is 16.7. The predicted octanol–water partition coefficient (Wildman–Crippen LogP) is 4.14. The van der Waals surface area contributed by atoms with Gasteiger partial charge in [0, 0.05) is 30.2 Å². The molecule has 1 aromatic carbocycles. The second-order valence-corrected chi connectivity index (χ2v) is 5.34. The van der Waals surface area contributed by atoms with Gasteiger partial charge in [-0.25, -0.2) is 9.97 Å². The zero-order valence-corrected chi connectivity index (χ0v) is 14.0. The van der Waals surface area contributed by atoms with Crippen LogP contribution in [0.1, 0.15) is 25.5 Å². The van der Waals surface area contributed by atoms with Crippen molar-refractivity contribution >= 4 is 29.7 Å². The van der Waals surface area contributed by atoms with Crippen molar-refractivity contribution in [2.45, 2.75) is 19.9 Å². The minimum absolute atomic E-state index is 0. The predicted molar refractivity (Wildman–Crippen MR) is 92.8 cm³/mol. The highest BCUT2D eigenvalue weighted by Crippen LogP contribution is 2.24. The van der Waals surface area contributed by atoms with Crippen molar-refractivity contribution in [2.24, 2.45) is 0 Å².